The summed E-state index contributed by atoms with van der Waals surface area (Å²) in [5.74, 6) is -0.682. The minimum atomic E-state index is -0.571. The molecule has 0 saturated heterocycles. The van der Waals surface area contributed by atoms with Crippen molar-refractivity contribution < 1.29 is 28.6 Å². The van der Waals surface area contributed by atoms with E-state index in [1.54, 1.807) is 48.5 Å². The number of Topliss-reactive ketones (excluding diaryl/α,β-unsaturated/α-hetero) is 2. The number of benzene rings is 5. The first-order valence-corrected chi connectivity index (χ1v) is 17.8. The van der Waals surface area contributed by atoms with E-state index in [-0.39, 0.29) is 47.3 Å². The number of hydrogen-bond donors (Lipinski definition) is 3. The van der Waals surface area contributed by atoms with Crippen molar-refractivity contribution in [3.05, 3.63) is 147 Å². The van der Waals surface area contributed by atoms with Crippen molar-refractivity contribution in [2.75, 3.05) is 17.7 Å². The number of ether oxygens (including phenoxy) is 1. The van der Waals surface area contributed by atoms with Crippen LogP contribution in [0.5, 0.6) is 5.75 Å². The van der Waals surface area contributed by atoms with Gasteiger partial charge in [-0.1, -0.05) is 60.7 Å². The Hall–Kier alpha value is -7.40. The Morgan fingerprint density at radius 1 is 0.679 bits per heavy atom. The maximum atomic E-state index is 13.8. The number of fused-ring (bicyclic) bond motifs is 4. The monoisotopic (exact) mass is 742 g/mol. The number of rotatable bonds is 10. The quantitative estimate of drug-likeness (QED) is 0.0698. The number of carbonyl (C=O) groups is 3. The van der Waals surface area contributed by atoms with Crippen LogP contribution in [0.3, 0.4) is 0 Å². The second-order valence-electron chi connectivity index (χ2n) is 13.3. The SMILES string of the molecule is COC(=O)c1ccc2cccc(NCc3c(O)ccc4c(-c5ccccc5C(C)=O)c5ccc(=O)c(CNc6cccc7ccc(C(C)=O)nc67)c-5oc34)c2n1. The van der Waals surface area contributed by atoms with Gasteiger partial charge in [0.2, 0.25) is 0 Å². The third kappa shape index (κ3) is 6.34. The summed E-state index contributed by atoms with van der Waals surface area (Å²) in [6, 6.07) is 31.7. The molecule has 0 bridgehead atoms. The Morgan fingerprint density at radius 2 is 1.32 bits per heavy atom. The van der Waals surface area contributed by atoms with Crippen LogP contribution in [-0.4, -0.2) is 39.7 Å². The van der Waals surface area contributed by atoms with Crippen LogP contribution in [0, 0.1) is 0 Å². The molecule has 8 rings (SSSR count). The van der Waals surface area contributed by atoms with Crippen LogP contribution in [0.4, 0.5) is 11.4 Å². The van der Waals surface area contributed by atoms with Crippen molar-refractivity contribution in [1.82, 2.24) is 9.97 Å². The number of aromatic hydroxyl groups is 1. The van der Waals surface area contributed by atoms with Crippen molar-refractivity contribution in [2.24, 2.45) is 0 Å². The molecule has 0 spiro atoms. The first-order valence-electron chi connectivity index (χ1n) is 17.8. The number of nitrogens with one attached hydrogen (secondary N) is 2. The second-order valence-corrected chi connectivity index (χ2v) is 13.3. The van der Waals surface area contributed by atoms with E-state index in [0.717, 1.165) is 10.8 Å². The van der Waals surface area contributed by atoms with E-state index in [0.29, 0.717) is 72.5 Å². The fourth-order valence-electron chi connectivity index (χ4n) is 7.10. The summed E-state index contributed by atoms with van der Waals surface area (Å²) in [6.07, 6.45) is 0. The van der Waals surface area contributed by atoms with Gasteiger partial charge in [-0.2, -0.15) is 0 Å². The summed E-state index contributed by atoms with van der Waals surface area (Å²) in [7, 11) is 1.29. The Bertz CT molecular complexity index is 2940. The van der Waals surface area contributed by atoms with Gasteiger partial charge in [0, 0.05) is 52.9 Å². The smallest absolute Gasteiger partial charge is 0.356 e. The van der Waals surface area contributed by atoms with Crippen molar-refractivity contribution >= 4 is 61.7 Å². The summed E-state index contributed by atoms with van der Waals surface area (Å²) in [4.78, 5) is 60.5. The highest BCUT2D eigenvalue weighted by molar-refractivity contribution is 6.10. The van der Waals surface area contributed by atoms with Crippen molar-refractivity contribution in [3.63, 3.8) is 0 Å². The summed E-state index contributed by atoms with van der Waals surface area (Å²) in [5, 5.41) is 20.4. The van der Waals surface area contributed by atoms with Gasteiger partial charge < -0.3 is 24.9 Å². The maximum Gasteiger partial charge on any atom is 0.356 e. The molecule has 0 fully saturated rings. The van der Waals surface area contributed by atoms with Gasteiger partial charge in [0.15, 0.2) is 17.0 Å². The number of carbonyl (C=O) groups excluding carboxylic acids is 3. The molecule has 0 saturated carbocycles. The van der Waals surface area contributed by atoms with Crippen LogP contribution in [0.25, 0.3) is 55.2 Å². The van der Waals surface area contributed by atoms with E-state index in [1.807, 2.05) is 54.6 Å². The number of esters is 1. The largest absolute Gasteiger partial charge is 0.507 e. The number of anilines is 2. The molecular formula is C45H34N4O7. The van der Waals surface area contributed by atoms with Gasteiger partial charge in [0.05, 0.1) is 40.6 Å². The lowest BCUT2D eigenvalue weighted by Gasteiger charge is -2.21. The van der Waals surface area contributed by atoms with Crippen LogP contribution in [0.1, 0.15) is 56.3 Å². The summed E-state index contributed by atoms with van der Waals surface area (Å²) in [6.45, 7) is 3.04. The van der Waals surface area contributed by atoms with Gasteiger partial charge in [-0.15, -0.1) is 0 Å². The number of hydrogen-bond acceptors (Lipinski definition) is 11. The molecule has 2 aliphatic rings. The zero-order valence-electron chi connectivity index (χ0n) is 30.6. The molecule has 0 amide bonds. The average molecular weight is 743 g/mol. The zero-order chi connectivity index (χ0) is 39.1. The number of phenolic OH excluding ortho intramolecular Hbond substituents is 1. The highest BCUT2D eigenvalue weighted by atomic mass is 16.5. The van der Waals surface area contributed by atoms with Crippen LogP contribution in [0.15, 0.2) is 118 Å². The third-order valence-corrected chi connectivity index (χ3v) is 9.88. The molecular weight excluding hydrogens is 709 g/mol. The van der Waals surface area contributed by atoms with Gasteiger partial charge >= 0.3 is 5.97 Å². The summed E-state index contributed by atoms with van der Waals surface area (Å²) in [5.41, 5.74) is 5.84. The van der Waals surface area contributed by atoms with Gasteiger partial charge in [-0.3, -0.25) is 14.4 Å². The number of aromatic nitrogens is 2. The van der Waals surface area contributed by atoms with Crippen LogP contribution in [0.2, 0.25) is 0 Å². The first kappa shape index (κ1) is 35.6. The second kappa shape index (κ2) is 14.4. The maximum absolute atomic E-state index is 13.8. The van der Waals surface area contributed by atoms with E-state index in [4.69, 9.17) is 9.15 Å². The summed E-state index contributed by atoms with van der Waals surface area (Å²) >= 11 is 0. The fourth-order valence-corrected chi connectivity index (χ4v) is 7.10. The van der Waals surface area contributed by atoms with Gasteiger partial charge in [-0.05, 0) is 61.0 Å². The number of para-hydroxylation sites is 2. The van der Waals surface area contributed by atoms with Gasteiger partial charge in [0.25, 0.3) is 0 Å². The molecule has 56 heavy (non-hydrogen) atoms. The van der Waals surface area contributed by atoms with E-state index in [9.17, 15) is 24.3 Å². The lowest BCUT2D eigenvalue weighted by atomic mass is 9.88. The van der Waals surface area contributed by atoms with Crippen molar-refractivity contribution in [2.45, 2.75) is 26.9 Å². The van der Waals surface area contributed by atoms with Crippen LogP contribution >= 0.6 is 0 Å². The molecule has 0 radical (unpaired) electrons. The molecule has 2 aromatic heterocycles. The van der Waals surface area contributed by atoms with E-state index in [1.165, 1.54) is 27.0 Å². The minimum Gasteiger partial charge on any atom is -0.507 e. The molecule has 6 aromatic rings. The Morgan fingerprint density at radius 3 is 1.98 bits per heavy atom. The van der Waals surface area contributed by atoms with Crippen LogP contribution < -0.4 is 16.1 Å². The molecule has 0 unspecified atom stereocenters. The number of ketones is 2. The molecule has 11 nitrogen and oxygen atoms in total. The molecule has 4 aromatic carbocycles. The predicted molar refractivity (Wildman–Crippen MR) is 216 cm³/mol. The molecule has 11 heteroatoms. The predicted octanol–water partition coefficient (Wildman–Crippen LogP) is 8.78. The standard InChI is InChI=1S/C45H34N4O7/c1-24(50)28-10-4-5-11-29(28)40-30-16-20-38(52)32(22-46-35-12-6-8-26-14-18-34(25(2)51)48-41(26)35)43(30)56-44-31(40)17-21-39(53)33(44)23-47-36-13-7-9-27-15-19-37(45(54)55-3)49-42(27)36/h4-21,46-47,53H,22-23H2,1-3H3. The molecule has 1 aliphatic carbocycles. The first-order chi connectivity index (χ1) is 27.1. The van der Waals surface area contributed by atoms with E-state index in [2.05, 4.69) is 20.6 Å². The number of nitrogens with zero attached hydrogens (tertiary/aromatic N) is 2. The Kier molecular flexibility index (Phi) is 9.19. The minimum absolute atomic E-state index is 0.0284. The zero-order valence-corrected chi connectivity index (χ0v) is 30.6. The van der Waals surface area contributed by atoms with Crippen LogP contribution in [-0.2, 0) is 17.8 Å². The molecule has 0 atom stereocenters. The number of pyridine rings is 2. The van der Waals surface area contributed by atoms with Crippen molar-refractivity contribution in [3.8, 4) is 28.2 Å². The van der Waals surface area contributed by atoms with E-state index >= 15 is 0 Å². The average Bonchev–Trinajstić information content (AvgIpc) is 3.21. The van der Waals surface area contributed by atoms with Gasteiger partial charge in [0.1, 0.15) is 28.5 Å². The Balaban J connectivity index is 1.31. The molecule has 1 aliphatic heterocycles. The molecule has 3 heterocycles. The third-order valence-electron chi connectivity index (χ3n) is 9.88. The van der Waals surface area contributed by atoms with Gasteiger partial charge in [-0.25, -0.2) is 14.8 Å². The topological polar surface area (TPSA) is 161 Å². The fraction of sp³-hybridized carbons (Fsp3) is 0.111. The summed E-state index contributed by atoms with van der Waals surface area (Å²) < 4.78 is 11.6. The van der Waals surface area contributed by atoms with Crippen molar-refractivity contribution in [1.29, 1.82) is 0 Å². The lowest BCUT2D eigenvalue weighted by Crippen LogP contribution is -2.15. The number of methoxy groups -OCH3 is 1. The normalized spacial score (nSPS) is 11.3. The Labute approximate surface area is 320 Å². The lowest BCUT2D eigenvalue weighted by molar-refractivity contribution is 0.0594. The highest BCUT2D eigenvalue weighted by Gasteiger charge is 2.26. The highest BCUT2D eigenvalue weighted by Crippen LogP contribution is 2.45. The van der Waals surface area contributed by atoms with E-state index < -0.39 is 5.97 Å². The molecule has 276 valence electrons. The molecule has 3 N–H and O–H groups in total. The number of phenols is 1.